The van der Waals surface area contributed by atoms with Crippen LogP contribution in [0.5, 0.6) is 0 Å². The van der Waals surface area contributed by atoms with E-state index < -0.39 is 10.0 Å². The first-order chi connectivity index (χ1) is 12.4. The van der Waals surface area contributed by atoms with Crippen LogP contribution in [0.1, 0.15) is 6.42 Å². The van der Waals surface area contributed by atoms with E-state index in [1.54, 1.807) is 31.3 Å². The molecular formula is C19H25N3O3S. The summed E-state index contributed by atoms with van der Waals surface area (Å²) >= 11 is 0. The van der Waals surface area contributed by atoms with E-state index in [9.17, 15) is 13.2 Å². The molecule has 1 amide bonds. The van der Waals surface area contributed by atoms with E-state index in [-0.39, 0.29) is 11.7 Å². The Labute approximate surface area is 155 Å². The zero-order valence-electron chi connectivity index (χ0n) is 15.1. The van der Waals surface area contributed by atoms with Gasteiger partial charge in [-0.3, -0.25) is 9.10 Å². The van der Waals surface area contributed by atoms with Gasteiger partial charge in [-0.15, -0.1) is 0 Å². The van der Waals surface area contributed by atoms with E-state index in [0.717, 1.165) is 5.69 Å². The minimum absolute atomic E-state index is 0.00476. The number of sulfonamides is 1. The summed E-state index contributed by atoms with van der Waals surface area (Å²) in [5, 5.41) is 2.82. The second-order valence-corrected chi connectivity index (χ2v) is 8.21. The summed E-state index contributed by atoms with van der Waals surface area (Å²) in [6.07, 6.45) is 0.306. The molecule has 0 heterocycles. The number of amides is 1. The quantitative estimate of drug-likeness (QED) is 0.731. The van der Waals surface area contributed by atoms with Gasteiger partial charge in [0.05, 0.1) is 11.4 Å². The predicted molar refractivity (Wildman–Crippen MR) is 106 cm³/mol. The third kappa shape index (κ3) is 6.16. The van der Waals surface area contributed by atoms with Crippen LogP contribution in [0.4, 0.5) is 11.4 Å². The molecule has 140 valence electrons. The van der Waals surface area contributed by atoms with Crippen LogP contribution in [0.15, 0.2) is 60.7 Å². The molecule has 0 aliphatic heterocycles. The summed E-state index contributed by atoms with van der Waals surface area (Å²) in [6.45, 7) is 0.849. The summed E-state index contributed by atoms with van der Waals surface area (Å²) in [5.41, 5.74) is 1.39. The van der Waals surface area contributed by atoms with Gasteiger partial charge in [-0.2, -0.15) is 0 Å². The predicted octanol–water partition coefficient (Wildman–Crippen LogP) is 2.41. The molecule has 0 saturated heterocycles. The van der Waals surface area contributed by atoms with Crippen molar-refractivity contribution in [3.05, 3.63) is 60.7 Å². The zero-order chi connectivity index (χ0) is 19.0. The number of benzene rings is 2. The Morgan fingerprint density at radius 3 is 2.12 bits per heavy atom. The molecule has 7 heteroatoms. The largest absolute Gasteiger partial charge is 0.326 e. The molecule has 26 heavy (non-hydrogen) atoms. The molecular weight excluding hydrogens is 350 g/mol. The Morgan fingerprint density at radius 2 is 1.50 bits per heavy atom. The number of carbonyl (C=O) groups is 1. The maximum Gasteiger partial charge on any atom is 0.236 e. The normalized spacial score (nSPS) is 11.3. The summed E-state index contributed by atoms with van der Waals surface area (Å²) in [5.74, 6) is -0.0952. The van der Waals surface area contributed by atoms with Crippen LogP contribution in [0.2, 0.25) is 0 Å². The molecule has 0 aliphatic rings. The average molecular weight is 375 g/mol. The fraction of sp³-hybridized carbons (Fsp3) is 0.316. The lowest BCUT2D eigenvalue weighted by Gasteiger charge is -2.22. The molecule has 0 radical (unpaired) electrons. The van der Waals surface area contributed by atoms with Crippen molar-refractivity contribution in [1.82, 2.24) is 4.90 Å². The molecule has 6 nitrogen and oxygen atoms in total. The van der Waals surface area contributed by atoms with Gasteiger partial charge in [0.2, 0.25) is 15.9 Å². The van der Waals surface area contributed by atoms with Gasteiger partial charge in [0.15, 0.2) is 0 Å². The number of nitrogens with zero attached hydrogens (tertiary/aromatic N) is 2. The molecule has 2 aromatic carbocycles. The lowest BCUT2D eigenvalue weighted by molar-refractivity contribution is -0.116. The van der Waals surface area contributed by atoms with E-state index in [2.05, 4.69) is 5.32 Å². The molecule has 0 aliphatic carbocycles. The van der Waals surface area contributed by atoms with Crippen LogP contribution < -0.4 is 9.62 Å². The van der Waals surface area contributed by atoms with E-state index in [1.165, 1.54) is 4.31 Å². The molecule has 2 aromatic rings. The average Bonchev–Trinajstić information content (AvgIpc) is 2.65. The lowest BCUT2D eigenvalue weighted by Crippen LogP contribution is -2.35. The number of hydrogen-bond acceptors (Lipinski definition) is 4. The van der Waals surface area contributed by atoms with Crippen LogP contribution in [0, 0.1) is 0 Å². The molecule has 1 N–H and O–H groups in total. The van der Waals surface area contributed by atoms with Gasteiger partial charge in [0.1, 0.15) is 0 Å². The van der Waals surface area contributed by atoms with Crippen molar-refractivity contribution >= 4 is 27.3 Å². The van der Waals surface area contributed by atoms with Crippen LogP contribution >= 0.6 is 0 Å². The van der Waals surface area contributed by atoms with Crippen molar-refractivity contribution in [3.63, 3.8) is 0 Å². The fourth-order valence-corrected chi connectivity index (χ4v) is 3.62. The molecule has 0 fully saturated rings. The Morgan fingerprint density at radius 1 is 0.923 bits per heavy atom. The zero-order valence-corrected chi connectivity index (χ0v) is 15.9. The Hall–Kier alpha value is -2.38. The number of nitrogens with one attached hydrogen (secondary N) is 1. The molecule has 0 spiro atoms. The van der Waals surface area contributed by atoms with Crippen molar-refractivity contribution in [2.45, 2.75) is 6.42 Å². The van der Waals surface area contributed by atoms with Gasteiger partial charge in [-0.1, -0.05) is 36.4 Å². The summed E-state index contributed by atoms with van der Waals surface area (Å²) in [6, 6.07) is 18.2. The Kier molecular flexibility index (Phi) is 7.17. The third-order valence-electron chi connectivity index (χ3n) is 4.05. The van der Waals surface area contributed by atoms with E-state index in [0.29, 0.717) is 25.2 Å². The van der Waals surface area contributed by atoms with Gasteiger partial charge in [-0.25, -0.2) is 8.42 Å². The molecule has 2 rings (SSSR count). The molecule has 0 atom stereocenters. The first kappa shape index (κ1) is 19.9. The standard InChI is InChI=1S/C19H25N3O3S/c1-21(14-13-19(23)20-17-9-5-3-6-10-17)15-16-26(24,25)22(2)18-11-7-4-8-12-18/h3-12H,13-16H2,1-2H3,(H,20,23). The highest BCUT2D eigenvalue weighted by Gasteiger charge is 2.19. The first-order valence-electron chi connectivity index (χ1n) is 8.43. The van der Waals surface area contributed by atoms with Crippen LogP contribution in [-0.2, 0) is 14.8 Å². The highest BCUT2D eigenvalue weighted by atomic mass is 32.2. The van der Waals surface area contributed by atoms with Gasteiger partial charge in [0.25, 0.3) is 0 Å². The molecule has 0 saturated carbocycles. The summed E-state index contributed by atoms with van der Waals surface area (Å²) in [4.78, 5) is 13.8. The van der Waals surface area contributed by atoms with Gasteiger partial charge in [-0.05, 0) is 31.3 Å². The SMILES string of the molecule is CN(CCC(=O)Nc1ccccc1)CCS(=O)(=O)N(C)c1ccccc1. The van der Waals surface area contributed by atoms with Crippen LogP contribution in [0.3, 0.4) is 0 Å². The van der Waals surface area contributed by atoms with Crippen LogP contribution in [0.25, 0.3) is 0 Å². The van der Waals surface area contributed by atoms with Crippen molar-refractivity contribution in [3.8, 4) is 0 Å². The highest BCUT2D eigenvalue weighted by molar-refractivity contribution is 7.92. The van der Waals surface area contributed by atoms with E-state index in [4.69, 9.17) is 0 Å². The Bertz CT molecular complexity index is 795. The smallest absolute Gasteiger partial charge is 0.236 e. The maximum absolute atomic E-state index is 12.4. The molecule has 0 unspecified atom stereocenters. The van der Waals surface area contributed by atoms with Crippen molar-refractivity contribution in [1.29, 1.82) is 0 Å². The third-order valence-corrected chi connectivity index (χ3v) is 5.79. The fourth-order valence-electron chi connectivity index (χ4n) is 2.36. The van der Waals surface area contributed by atoms with E-state index in [1.807, 2.05) is 48.3 Å². The minimum atomic E-state index is -3.40. The number of hydrogen-bond donors (Lipinski definition) is 1. The number of carbonyl (C=O) groups excluding carboxylic acids is 1. The second-order valence-electron chi connectivity index (χ2n) is 6.09. The van der Waals surface area contributed by atoms with E-state index >= 15 is 0 Å². The second kappa shape index (κ2) is 9.35. The first-order valence-corrected chi connectivity index (χ1v) is 10.0. The van der Waals surface area contributed by atoms with Gasteiger partial charge < -0.3 is 10.2 Å². The topological polar surface area (TPSA) is 69.7 Å². The summed E-state index contributed by atoms with van der Waals surface area (Å²) in [7, 11) is -0.0375. The monoisotopic (exact) mass is 375 g/mol. The van der Waals surface area contributed by atoms with Crippen molar-refractivity contribution < 1.29 is 13.2 Å². The molecule has 0 bridgehead atoms. The lowest BCUT2D eigenvalue weighted by atomic mass is 10.3. The van der Waals surface area contributed by atoms with Crippen molar-refractivity contribution in [2.75, 3.05) is 42.6 Å². The van der Waals surface area contributed by atoms with Crippen LogP contribution in [-0.4, -0.2) is 52.2 Å². The Balaban J connectivity index is 1.77. The highest BCUT2D eigenvalue weighted by Crippen LogP contribution is 2.15. The maximum atomic E-state index is 12.4. The molecule has 0 aromatic heterocycles. The number of para-hydroxylation sites is 2. The van der Waals surface area contributed by atoms with Crippen molar-refractivity contribution in [2.24, 2.45) is 0 Å². The van der Waals surface area contributed by atoms with Gasteiger partial charge in [0, 0.05) is 32.2 Å². The minimum Gasteiger partial charge on any atom is -0.326 e. The van der Waals surface area contributed by atoms with Gasteiger partial charge >= 0.3 is 0 Å². The number of rotatable bonds is 9. The number of anilines is 2. The summed E-state index contributed by atoms with van der Waals surface area (Å²) < 4.78 is 26.2.